The predicted octanol–water partition coefficient (Wildman–Crippen LogP) is 5.22. The van der Waals surface area contributed by atoms with E-state index < -0.39 is 10.0 Å². The molecule has 162 valence electrons. The summed E-state index contributed by atoms with van der Waals surface area (Å²) in [4.78, 5) is 12.9. The maximum absolute atomic E-state index is 12.8. The number of carbonyl (C=O) groups is 1. The van der Waals surface area contributed by atoms with Crippen LogP contribution in [0.1, 0.15) is 21.5 Å². The number of anilines is 1. The van der Waals surface area contributed by atoms with E-state index in [9.17, 15) is 13.2 Å². The fourth-order valence-corrected chi connectivity index (χ4v) is 4.62. The standard InChI is InChI=1S/C26H24N2O3S/c1-19-7-15-25(16-8-19)32(30,31)28(2)18-20-9-11-22(12-10-20)26(29)27-24-14-13-21-5-3-4-6-23(21)17-24/h3-17H,18H2,1-2H3,(H,27,29). The molecule has 0 saturated carbocycles. The van der Waals surface area contributed by atoms with Gasteiger partial charge in [-0.3, -0.25) is 4.79 Å². The second-order valence-corrected chi connectivity index (χ2v) is 9.83. The Balaban J connectivity index is 1.43. The van der Waals surface area contributed by atoms with Gasteiger partial charge in [-0.05, 0) is 59.7 Å². The highest BCUT2D eigenvalue weighted by atomic mass is 32.2. The van der Waals surface area contributed by atoms with Gasteiger partial charge in [-0.25, -0.2) is 8.42 Å². The summed E-state index contributed by atoms with van der Waals surface area (Å²) < 4.78 is 26.9. The summed E-state index contributed by atoms with van der Waals surface area (Å²) >= 11 is 0. The molecule has 4 rings (SSSR count). The summed E-state index contributed by atoms with van der Waals surface area (Å²) in [5, 5.41) is 5.08. The lowest BCUT2D eigenvalue weighted by Crippen LogP contribution is -2.26. The van der Waals surface area contributed by atoms with Gasteiger partial charge in [-0.15, -0.1) is 0 Å². The number of hydrogen-bond donors (Lipinski definition) is 1. The molecule has 4 aromatic carbocycles. The van der Waals surface area contributed by atoms with Crippen LogP contribution in [0.15, 0.2) is 95.9 Å². The van der Waals surface area contributed by atoms with Crippen LogP contribution in [0, 0.1) is 6.92 Å². The highest BCUT2D eigenvalue weighted by molar-refractivity contribution is 7.89. The van der Waals surface area contributed by atoms with Crippen molar-refractivity contribution in [3.8, 4) is 0 Å². The van der Waals surface area contributed by atoms with Gasteiger partial charge >= 0.3 is 0 Å². The molecule has 4 aromatic rings. The second kappa shape index (κ2) is 8.94. The molecule has 0 aromatic heterocycles. The van der Waals surface area contributed by atoms with Crippen molar-refractivity contribution >= 4 is 32.4 Å². The smallest absolute Gasteiger partial charge is 0.255 e. The van der Waals surface area contributed by atoms with Crippen LogP contribution < -0.4 is 5.32 Å². The molecule has 6 heteroatoms. The lowest BCUT2D eigenvalue weighted by Gasteiger charge is -2.17. The lowest BCUT2D eigenvalue weighted by atomic mass is 10.1. The van der Waals surface area contributed by atoms with E-state index in [1.807, 2.05) is 49.4 Å². The number of fused-ring (bicyclic) bond motifs is 1. The second-order valence-electron chi connectivity index (χ2n) is 7.79. The third kappa shape index (κ3) is 4.72. The fourth-order valence-electron chi connectivity index (χ4n) is 3.46. The summed E-state index contributed by atoms with van der Waals surface area (Å²) in [6, 6.07) is 27.5. The molecule has 0 spiro atoms. The average molecular weight is 445 g/mol. The largest absolute Gasteiger partial charge is 0.322 e. The summed E-state index contributed by atoms with van der Waals surface area (Å²) in [6.07, 6.45) is 0. The highest BCUT2D eigenvalue weighted by Gasteiger charge is 2.20. The zero-order chi connectivity index (χ0) is 22.7. The van der Waals surface area contributed by atoms with E-state index in [1.54, 1.807) is 55.6 Å². The van der Waals surface area contributed by atoms with Crippen molar-refractivity contribution in [3.05, 3.63) is 108 Å². The number of aryl methyl sites for hydroxylation is 1. The van der Waals surface area contributed by atoms with Crippen LogP contribution in [-0.2, 0) is 16.6 Å². The molecular weight excluding hydrogens is 420 g/mol. The molecular formula is C26H24N2O3S. The first-order valence-electron chi connectivity index (χ1n) is 10.2. The first kappa shape index (κ1) is 21.7. The minimum atomic E-state index is -3.59. The van der Waals surface area contributed by atoms with Crippen LogP contribution in [0.25, 0.3) is 10.8 Å². The van der Waals surface area contributed by atoms with Crippen LogP contribution in [0.2, 0.25) is 0 Å². The van der Waals surface area contributed by atoms with Crippen molar-refractivity contribution in [2.75, 3.05) is 12.4 Å². The number of nitrogens with zero attached hydrogens (tertiary/aromatic N) is 1. The SMILES string of the molecule is Cc1ccc(S(=O)(=O)N(C)Cc2ccc(C(=O)Nc3ccc4ccccc4c3)cc2)cc1. The zero-order valence-corrected chi connectivity index (χ0v) is 18.8. The molecule has 0 saturated heterocycles. The van der Waals surface area contributed by atoms with Crippen molar-refractivity contribution in [2.24, 2.45) is 0 Å². The molecule has 0 heterocycles. The minimum Gasteiger partial charge on any atom is -0.322 e. The van der Waals surface area contributed by atoms with Crippen molar-refractivity contribution < 1.29 is 13.2 Å². The predicted molar refractivity (Wildman–Crippen MR) is 128 cm³/mol. The highest BCUT2D eigenvalue weighted by Crippen LogP contribution is 2.20. The van der Waals surface area contributed by atoms with Gasteiger partial charge in [-0.2, -0.15) is 4.31 Å². The summed E-state index contributed by atoms with van der Waals surface area (Å²) in [6.45, 7) is 2.13. The quantitative estimate of drug-likeness (QED) is 0.443. The van der Waals surface area contributed by atoms with E-state index >= 15 is 0 Å². The van der Waals surface area contributed by atoms with E-state index in [-0.39, 0.29) is 17.3 Å². The van der Waals surface area contributed by atoms with Crippen molar-refractivity contribution in [1.29, 1.82) is 0 Å². The zero-order valence-electron chi connectivity index (χ0n) is 17.9. The van der Waals surface area contributed by atoms with Crippen molar-refractivity contribution in [3.63, 3.8) is 0 Å². The van der Waals surface area contributed by atoms with Gasteiger partial charge < -0.3 is 5.32 Å². The Hall–Kier alpha value is -3.48. The molecule has 0 atom stereocenters. The van der Waals surface area contributed by atoms with Crippen LogP contribution in [0.3, 0.4) is 0 Å². The van der Waals surface area contributed by atoms with Crippen LogP contribution in [-0.4, -0.2) is 25.7 Å². The summed E-state index contributed by atoms with van der Waals surface area (Å²) in [5.74, 6) is -0.215. The third-order valence-corrected chi connectivity index (χ3v) is 7.18. The van der Waals surface area contributed by atoms with Crippen LogP contribution in [0.5, 0.6) is 0 Å². The molecule has 0 fully saturated rings. The maximum Gasteiger partial charge on any atom is 0.255 e. The van der Waals surface area contributed by atoms with Gasteiger partial charge in [0.1, 0.15) is 0 Å². The van der Waals surface area contributed by atoms with E-state index in [4.69, 9.17) is 0 Å². The Morgan fingerprint density at radius 2 is 1.50 bits per heavy atom. The monoisotopic (exact) mass is 444 g/mol. The van der Waals surface area contributed by atoms with Gasteiger partial charge in [0.25, 0.3) is 5.91 Å². The molecule has 5 nitrogen and oxygen atoms in total. The van der Waals surface area contributed by atoms with Crippen LogP contribution in [0.4, 0.5) is 5.69 Å². The number of rotatable bonds is 6. The van der Waals surface area contributed by atoms with E-state index in [0.29, 0.717) is 5.56 Å². The Morgan fingerprint density at radius 1 is 0.844 bits per heavy atom. The number of benzene rings is 4. The Labute approximate surface area is 188 Å². The van der Waals surface area contributed by atoms with Gasteiger partial charge in [0.15, 0.2) is 0 Å². The lowest BCUT2D eigenvalue weighted by molar-refractivity contribution is 0.102. The summed E-state index contributed by atoms with van der Waals surface area (Å²) in [7, 11) is -2.03. The topological polar surface area (TPSA) is 66.5 Å². The number of carbonyl (C=O) groups excluding carboxylic acids is 1. The Bertz CT molecular complexity index is 1360. The first-order chi connectivity index (χ1) is 15.3. The average Bonchev–Trinajstić information content (AvgIpc) is 2.79. The number of nitrogens with one attached hydrogen (secondary N) is 1. The molecule has 1 N–H and O–H groups in total. The molecule has 0 aliphatic carbocycles. The molecule has 0 unspecified atom stereocenters. The van der Waals surface area contributed by atoms with E-state index in [0.717, 1.165) is 27.6 Å². The van der Waals surface area contributed by atoms with Crippen molar-refractivity contribution in [2.45, 2.75) is 18.4 Å². The van der Waals surface area contributed by atoms with E-state index in [1.165, 1.54) is 4.31 Å². The molecule has 0 bridgehead atoms. The Morgan fingerprint density at radius 3 is 2.19 bits per heavy atom. The molecule has 32 heavy (non-hydrogen) atoms. The third-order valence-electron chi connectivity index (χ3n) is 5.36. The van der Waals surface area contributed by atoms with Crippen LogP contribution >= 0.6 is 0 Å². The normalized spacial score (nSPS) is 11.6. The molecule has 0 aliphatic heterocycles. The number of sulfonamides is 1. The van der Waals surface area contributed by atoms with Gasteiger partial charge in [0.2, 0.25) is 10.0 Å². The molecule has 0 aliphatic rings. The molecule has 1 amide bonds. The van der Waals surface area contributed by atoms with E-state index in [2.05, 4.69) is 5.32 Å². The maximum atomic E-state index is 12.8. The molecule has 0 radical (unpaired) electrons. The first-order valence-corrected chi connectivity index (χ1v) is 11.7. The Kier molecular flexibility index (Phi) is 6.08. The minimum absolute atomic E-state index is 0.211. The fraction of sp³-hybridized carbons (Fsp3) is 0.115. The number of amides is 1. The summed E-state index contributed by atoms with van der Waals surface area (Å²) in [5.41, 5.74) is 3.03. The van der Waals surface area contributed by atoms with Crippen molar-refractivity contribution in [1.82, 2.24) is 4.31 Å². The van der Waals surface area contributed by atoms with Gasteiger partial charge in [-0.1, -0.05) is 60.2 Å². The van der Waals surface area contributed by atoms with Gasteiger partial charge in [0.05, 0.1) is 4.90 Å². The van der Waals surface area contributed by atoms with Gasteiger partial charge in [0, 0.05) is 24.8 Å². The number of hydrogen-bond acceptors (Lipinski definition) is 3.